The first-order chi connectivity index (χ1) is 11.2. The fraction of sp³-hybridized carbons (Fsp3) is 0.143. The van der Waals surface area contributed by atoms with Crippen LogP contribution in [0.15, 0.2) is 41.6 Å². The lowest BCUT2D eigenvalue weighted by molar-refractivity contribution is -0.137. The number of hydrogen-bond donors (Lipinski definition) is 2. The summed E-state index contributed by atoms with van der Waals surface area (Å²) in [4.78, 5) is 11.2. The third-order valence-electron chi connectivity index (χ3n) is 3.10. The molecule has 0 aliphatic rings. The summed E-state index contributed by atoms with van der Waals surface area (Å²) in [5, 5.41) is 15.6. The molecule has 0 bridgehead atoms. The molecule has 3 rings (SSSR count). The van der Waals surface area contributed by atoms with Crippen molar-refractivity contribution in [1.29, 1.82) is 0 Å². The predicted molar refractivity (Wildman–Crippen MR) is 85.9 cm³/mol. The average Bonchev–Trinajstić information content (AvgIpc) is 3.20. The van der Waals surface area contributed by atoms with Gasteiger partial charge in [-0.05, 0) is 6.07 Å². The first kappa shape index (κ1) is 15.1. The van der Waals surface area contributed by atoms with E-state index in [4.69, 9.17) is 5.84 Å². The van der Waals surface area contributed by atoms with Crippen LogP contribution in [0.3, 0.4) is 0 Å². The second kappa shape index (κ2) is 6.53. The van der Waals surface area contributed by atoms with Crippen LogP contribution in [0.25, 0.3) is 22.8 Å². The van der Waals surface area contributed by atoms with Gasteiger partial charge in [-0.25, -0.2) is 4.68 Å². The minimum atomic E-state index is -0.354. The Morgan fingerprint density at radius 2 is 2.13 bits per heavy atom. The Morgan fingerprint density at radius 3 is 2.87 bits per heavy atom. The number of nitrogens with one attached hydrogen (secondary N) is 1. The Labute approximate surface area is 136 Å². The molecule has 0 amide bonds. The van der Waals surface area contributed by atoms with Crippen LogP contribution in [0.5, 0.6) is 0 Å². The maximum Gasteiger partial charge on any atom is 0.316 e. The Bertz CT molecular complexity index is 814. The van der Waals surface area contributed by atoms with E-state index in [1.165, 1.54) is 11.8 Å². The number of hydrogen-bond acceptors (Lipinski definition) is 7. The maximum atomic E-state index is 11.2. The van der Waals surface area contributed by atoms with Gasteiger partial charge >= 0.3 is 5.97 Å². The largest absolute Gasteiger partial charge is 0.468 e. The molecule has 0 unspecified atom stereocenters. The second-order valence-electron chi connectivity index (χ2n) is 4.57. The first-order valence-electron chi connectivity index (χ1n) is 6.70. The summed E-state index contributed by atoms with van der Waals surface area (Å²) in [6.45, 7) is 0. The number of esters is 1. The fourth-order valence-corrected chi connectivity index (χ4v) is 2.62. The van der Waals surface area contributed by atoms with Crippen molar-refractivity contribution in [3.05, 3.63) is 36.4 Å². The minimum Gasteiger partial charge on any atom is -0.468 e. The van der Waals surface area contributed by atoms with E-state index >= 15 is 0 Å². The number of carbonyl (C=O) groups is 1. The van der Waals surface area contributed by atoms with Crippen LogP contribution in [-0.2, 0) is 9.53 Å². The average molecular weight is 330 g/mol. The van der Waals surface area contributed by atoms with Crippen LogP contribution >= 0.6 is 11.8 Å². The van der Waals surface area contributed by atoms with Gasteiger partial charge in [-0.15, -0.1) is 10.2 Å². The quantitative estimate of drug-likeness (QED) is 0.412. The van der Waals surface area contributed by atoms with E-state index in [-0.39, 0.29) is 11.7 Å². The highest BCUT2D eigenvalue weighted by Crippen LogP contribution is 2.24. The van der Waals surface area contributed by atoms with Gasteiger partial charge in [0, 0.05) is 5.56 Å². The summed E-state index contributed by atoms with van der Waals surface area (Å²) < 4.78 is 5.90. The van der Waals surface area contributed by atoms with Gasteiger partial charge in [-0.3, -0.25) is 9.89 Å². The van der Waals surface area contributed by atoms with Crippen molar-refractivity contribution < 1.29 is 9.53 Å². The maximum absolute atomic E-state index is 11.2. The van der Waals surface area contributed by atoms with Crippen molar-refractivity contribution in [3.63, 3.8) is 0 Å². The molecule has 9 heteroatoms. The summed E-state index contributed by atoms with van der Waals surface area (Å²) in [6.07, 6.45) is 0. The molecule has 3 N–H and O–H groups in total. The monoisotopic (exact) mass is 330 g/mol. The zero-order valence-electron chi connectivity index (χ0n) is 12.3. The number of methoxy groups -OCH3 is 1. The number of aromatic amines is 1. The number of rotatable bonds is 5. The summed E-state index contributed by atoms with van der Waals surface area (Å²) in [5.41, 5.74) is 2.41. The number of aromatic nitrogens is 5. The molecule has 0 saturated heterocycles. The van der Waals surface area contributed by atoms with Gasteiger partial charge in [0.15, 0.2) is 0 Å². The third kappa shape index (κ3) is 3.19. The molecule has 23 heavy (non-hydrogen) atoms. The molecular weight excluding hydrogens is 316 g/mol. The highest BCUT2D eigenvalue weighted by molar-refractivity contribution is 7.99. The van der Waals surface area contributed by atoms with Crippen molar-refractivity contribution >= 4 is 17.7 Å². The van der Waals surface area contributed by atoms with E-state index in [0.29, 0.717) is 16.7 Å². The van der Waals surface area contributed by atoms with E-state index in [2.05, 4.69) is 25.1 Å². The molecule has 1 aromatic carbocycles. The molecule has 0 aliphatic heterocycles. The van der Waals surface area contributed by atoms with Crippen LogP contribution < -0.4 is 5.84 Å². The van der Waals surface area contributed by atoms with Crippen LogP contribution in [0, 0.1) is 0 Å². The Kier molecular flexibility index (Phi) is 4.29. The lowest BCUT2D eigenvalue weighted by Gasteiger charge is -2.01. The zero-order chi connectivity index (χ0) is 16.2. The predicted octanol–water partition coefficient (Wildman–Crippen LogP) is 1.31. The number of carbonyl (C=O) groups excluding carboxylic acids is 1. The van der Waals surface area contributed by atoms with Gasteiger partial charge < -0.3 is 10.6 Å². The molecule has 0 atom stereocenters. The normalized spacial score (nSPS) is 10.7. The SMILES string of the molecule is COC(=O)CSc1nnc(-c2cc(-c3ccccc3)n[nH]2)n1N. The molecule has 2 aromatic heterocycles. The Balaban J connectivity index is 1.82. The van der Waals surface area contributed by atoms with Crippen molar-refractivity contribution in [2.75, 3.05) is 18.7 Å². The van der Waals surface area contributed by atoms with Gasteiger partial charge in [0.1, 0.15) is 5.69 Å². The Hall–Kier alpha value is -2.81. The van der Waals surface area contributed by atoms with Gasteiger partial charge in [0.25, 0.3) is 0 Å². The van der Waals surface area contributed by atoms with E-state index in [0.717, 1.165) is 23.0 Å². The standard InChI is InChI=1S/C14H14N6O2S/c1-22-12(21)8-23-14-19-18-13(20(14)15)11-7-10(16-17-11)9-5-3-2-4-6-9/h2-7H,8,15H2,1H3,(H,16,17). The van der Waals surface area contributed by atoms with Gasteiger partial charge in [0.05, 0.1) is 18.6 Å². The van der Waals surface area contributed by atoms with Crippen molar-refractivity contribution in [2.45, 2.75) is 5.16 Å². The van der Waals surface area contributed by atoms with E-state index in [1.807, 2.05) is 36.4 Å². The molecule has 0 fully saturated rings. The molecule has 0 radical (unpaired) electrons. The third-order valence-corrected chi connectivity index (χ3v) is 4.02. The number of benzene rings is 1. The van der Waals surface area contributed by atoms with Crippen molar-refractivity contribution in [3.8, 4) is 22.8 Å². The van der Waals surface area contributed by atoms with Crippen LogP contribution in [0.1, 0.15) is 0 Å². The number of nitrogens with zero attached hydrogens (tertiary/aromatic N) is 4. The van der Waals surface area contributed by atoms with Crippen LogP contribution in [-0.4, -0.2) is 43.9 Å². The minimum absolute atomic E-state index is 0.115. The molecule has 0 saturated carbocycles. The molecule has 118 valence electrons. The van der Waals surface area contributed by atoms with Crippen molar-refractivity contribution in [2.24, 2.45) is 0 Å². The summed E-state index contributed by atoms with van der Waals surface area (Å²) in [7, 11) is 1.33. The van der Waals surface area contributed by atoms with Crippen molar-refractivity contribution in [1.82, 2.24) is 25.1 Å². The number of nitrogens with two attached hydrogens (primary N) is 1. The first-order valence-corrected chi connectivity index (χ1v) is 7.69. The smallest absolute Gasteiger partial charge is 0.316 e. The molecule has 8 nitrogen and oxygen atoms in total. The molecule has 0 spiro atoms. The van der Waals surface area contributed by atoms with Gasteiger partial charge in [-0.2, -0.15) is 5.10 Å². The number of nitrogen functional groups attached to an aromatic ring is 1. The zero-order valence-corrected chi connectivity index (χ0v) is 13.1. The summed E-state index contributed by atoms with van der Waals surface area (Å²) in [5.74, 6) is 6.18. The highest BCUT2D eigenvalue weighted by atomic mass is 32.2. The van der Waals surface area contributed by atoms with Crippen LogP contribution in [0.4, 0.5) is 0 Å². The molecule has 3 aromatic rings. The van der Waals surface area contributed by atoms with E-state index in [9.17, 15) is 4.79 Å². The number of H-pyrrole nitrogens is 1. The highest BCUT2D eigenvalue weighted by Gasteiger charge is 2.16. The van der Waals surface area contributed by atoms with E-state index < -0.39 is 0 Å². The number of ether oxygens (including phenoxy) is 1. The Morgan fingerprint density at radius 1 is 1.35 bits per heavy atom. The molecular formula is C14H14N6O2S. The van der Waals surface area contributed by atoms with Gasteiger partial charge in [-0.1, -0.05) is 42.1 Å². The molecule has 2 heterocycles. The van der Waals surface area contributed by atoms with E-state index in [1.54, 1.807) is 0 Å². The lowest BCUT2D eigenvalue weighted by atomic mass is 10.1. The summed E-state index contributed by atoms with van der Waals surface area (Å²) >= 11 is 1.15. The second-order valence-corrected chi connectivity index (χ2v) is 5.52. The van der Waals surface area contributed by atoms with Crippen LogP contribution in [0.2, 0.25) is 0 Å². The topological polar surface area (TPSA) is 112 Å². The fourth-order valence-electron chi connectivity index (χ4n) is 1.93. The molecule has 0 aliphatic carbocycles. The lowest BCUT2D eigenvalue weighted by Crippen LogP contribution is -2.13. The number of thioether (sulfide) groups is 1. The van der Waals surface area contributed by atoms with Gasteiger partial charge in [0.2, 0.25) is 11.0 Å². The summed E-state index contributed by atoms with van der Waals surface area (Å²) in [6, 6.07) is 11.6.